The molecule has 1 saturated heterocycles. The number of allylic oxidation sites excluding steroid dienone is 1. The summed E-state index contributed by atoms with van der Waals surface area (Å²) >= 11 is 1.50. The molecule has 2 aliphatic rings. The van der Waals surface area contributed by atoms with Crippen molar-refractivity contribution in [2.45, 2.75) is 26.0 Å². The van der Waals surface area contributed by atoms with E-state index in [1.807, 2.05) is 36.4 Å². The van der Waals surface area contributed by atoms with Crippen molar-refractivity contribution in [1.82, 2.24) is 4.90 Å². The molecule has 176 valence electrons. The highest BCUT2D eigenvalue weighted by atomic mass is 32.2. The Kier molecular flexibility index (Phi) is 7.37. The Labute approximate surface area is 203 Å². The maximum Gasteiger partial charge on any atom is 0.338 e. The summed E-state index contributed by atoms with van der Waals surface area (Å²) in [6.45, 7) is 5.82. The molecule has 1 fully saturated rings. The fraction of sp³-hybridized carbons (Fsp3) is 0.269. The normalized spacial score (nSPS) is 17.6. The van der Waals surface area contributed by atoms with Gasteiger partial charge in [-0.25, -0.2) is 9.79 Å². The lowest BCUT2D eigenvalue weighted by Crippen LogP contribution is -2.45. The van der Waals surface area contributed by atoms with Crippen LogP contribution < -0.4 is 9.47 Å². The van der Waals surface area contributed by atoms with Gasteiger partial charge in [0.1, 0.15) is 13.2 Å². The van der Waals surface area contributed by atoms with Gasteiger partial charge in [0, 0.05) is 12.2 Å². The third kappa shape index (κ3) is 4.87. The second-order valence-corrected chi connectivity index (χ2v) is 8.79. The number of fused-ring (bicyclic) bond motifs is 1. The predicted octanol–water partition coefficient (Wildman–Crippen LogP) is 4.65. The molecule has 34 heavy (non-hydrogen) atoms. The Morgan fingerprint density at radius 2 is 2.03 bits per heavy atom. The molecule has 2 heterocycles. The van der Waals surface area contributed by atoms with Crippen molar-refractivity contribution in [3.63, 3.8) is 0 Å². The van der Waals surface area contributed by atoms with Crippen molar-refractivity contribution in [2.24, 2.45) is 4.99 Å². The van der Waals surface area contributed by atoms with Crippen LogP contribution in [0.4, 0.5) is 0 Å². The number of carbonyl (C=O) groups excluding carboxylic acids is 2. The summed E-state index contributed by atoms with van der Waals surface area (Å²) in [6, 6.07) is 14.6. The quantitative estimate of drug-likeness (QED) is 0.406. The Morgan fingerprint density at radius 1 is 1.24 bits per heavy atom. The number of hydrogen-bond donors (Lipinski definition) is 0. The van der Waals surface area contributed by atoms with Gasteiger partial charge in [0.25, 0.3) is 0 Å². The molecule has 0 radical (unpaired) electrons. The summed E-state index contributed by atoms with van der Waals surface area (Å²) in [5.41, 5.74) is 2.58. The molecule has 1 unspecified atom stereocenters. The molecule has 2 aromatic rings. The van der Waals surface area contributed by atoms with Crippen LogP contribution in [0.2, 0.25) is 0 Å². The summed E-state index contributed by atoms with van der Waals surface area (Å²) in [5, 5.41) is 0.586. The number of esters is 1. The molecule has 2 aromatic carbocycles. The van der Waals surface area contributed by atoms with E-state index >= 15 is 0 Å². The minimum absolute atomic E-state index is 0.0667. The van der Waals surface area contributed by atoms with E-state index in [-0.39, 0.29) is 12.5 Å². The van der Waals surface area contributed by atoms with Gasteiger partial charge in [-0.1, -0.05) is 60.8 Å². The SMILES string of the molecule is C=CCOC(=O)C1=C(C)N=C2SCCC(=O)N2C1c1ccc(OCc2ccccc2)c(OC)c1. The number of hydrogen-bond acceptors (Lipinski definition) is 7. The Hall–Kier alpha value is -3.52. The van der Waals surface area contributed by atoms with Crippen LogP contribution in [0.25, 0.3) is 0 Å². The van der Waals surface area contributed by atoms with Crippen molar-refractivity contribution in [2.75, 3.05) is 19.5 Å². The first kappa shape index (κ1) is 23.6. The van der Waals surface area contributed by atoms with E-state index in [2.05, 4.69) is 11.6 Å². The molecule has 1 amide bonds. The number of amidine groups is 1. The summed E-state index contributed by atoms with van der Waals surface area (Å²) in [7, 11) is 1.56. The van der Waals surface area contributed by atoms with E-state index < -0.39 is 12.0 Å². The molecule has 0 N–H and O–H groups in total. The Morgan fingerprint density at radius 3 is 2.76 bits per heavy atom. The smallest absolute Gasteiger partial charge is 0.338 e. The second kappa shape index (κ2) is 10.6. The van der Waals surface area contributed by atoms with Crippen LogP contribution in [0.3, 0.4) is 0 Å². The van der Waals surface area contributed by atoms with E-state index in [1.54, 1.807) is 31.1 Å². The number of carbonyl (C=O) groups is 2. The van der Waals surface area contributed by atoms with Crippen LogP contribution in [0, 0.1) is 0 Å². The van der Waals surface area contributed by atoms with Crippen molar-refractivity contribution in [1.29, 1.82) is 0 Å². The molecule has 8 heteroatoms. The number of amides is 1. The predicted molar refractivity (Wildman–Crippen MR) is 132 cm³/mol. The molecule has 7 nitrogen and oxygen atoms in total. The number of benzene rings is 2. The average molecular weight is 479 g/mol. The molecule has 0 spiro atoms. The van der Waals surface area contributed by atoms with E-state index in [9.17, 15) is 9.59 Å². The maximum atomic E-state index is 13.0. The van der Waals surface area contributed by atoms with Gasteiger partial charge in [0.15, 0.2) is 16.7 Å². The summed E-state index contributed by atoms with van der Waals surface area (Å²) in [5.74, 6) is 1.10. The Balaban J connectivity index is 1.71. The van der Waals surface area contributed by atoms with Crippen LogP contribution in [0.15, 0.2) is 77.4 Å². The Bertz CT molecular complexity index is 1160. The molecule has 2 aliphatic heterocycles. The number of methoxy groups -OCH3 is 1. The molecule has 1 atom stereocenters. The van der Waals surface area contributed by atoms with Gasteiger partial charge in [-0.2, -0.15) is 0 Å². The fourth-order valence-corrected chi connectivity index (χ4v) is 4.90. The third-order valence-corrected chi connectivity index (χ3v) is 6.45. The number of rotatable bonds is 8. The van der Waals surface area contributed by atoms with Gasteiger partial charge in [-0.05, 0) is 30.2 Å². The molecule has 0 bridgehead atoms. The molecule has 0 aliphatic carbocycles. The lowest BCUT2D eigenvalue weighted by atomic mass is 9.94. The molecular formula is C26H26N2O5S. The standard InChI is InChI=1S/C26H26N2O5S/c1-4-13-32-25(30)23-17(2)27-26-28(22(29)12-14-34-26)24(23)19-10-11-20(21(15-19)31-3)33-16-18-8-6-5-7-9-18/h4-11,15,24H,1,12-14,16H2,2-3H3. The van der Waals surface area contributed by atoms with Gasteiger partial charge >= 0.3 is 5.97 Å². The van der Waals surface area contributed by atoms with Gasteiger partial charge in [0.05, 0.1) is 24.4 Å². The average Bonchev–Trinajstić information content (AvgIpc) is 2.86. The van der Waals surface area contributed by atoms with Crippen LogP contribution in [0.1, 0.15) is 30.5 Å². The minimum Gasteiger partial charge on any atom is -0.493 e. The lowest BCUT2D eigenvalue weighted by Gasteiger charge is -2.39. The van der Waals surface area contributed by atoms with Crippen LogP contribution in [-0.2, 0) is 20.9 Å². The van der Waals surface area contributed by atoms with Crippen molar-refractivity contribution in [3.05, 3.63) is 83.6 Å². The lowest BCUT2D eigenvalue weighted by molar-refractivity contribution is -0.139. The zero-order valence-corrected chi connectivity index (χ0v) is 20.0. The number of ether oxygens (including phenoxy) is 3. The molecule has 0 saturated carbocycles. The van der Waals surface area contributed by atoms with Gasteiger partial charge < -0.3 is 14.2 Å². The van der Waals surface area contributed by atoms with Crippen LogP contribution in [-0.4, -0.2) is 41.4 Å². The van der Waals surface area contributed by atoms with E-state index in [0.717, 1.165) is 5.56 Å². The second-order valence-electron chi connectivity index (χ2n) is 7.73. The third-order valence-electron chi connectivity index (χ3n) is 5.50. The zero-order chi connectivity index (χ0) is 24.1. The molecular weight excluding hydrogens is 452 g/mol. The van der Waals surface area contributed by atoms with Gasteiger partial charge in [-0.15, -0.1) is 0 Å². The largest absolute Gasteiger partial charge is 0.493 e. The highest BCUT2D eigenvalue weighted by molar-refractivity contribution is 8.14. The van der Waals surface area contributed by atoms with Gasteiger partial charge in [-0.3, -0.25) is 9.69 Å². The zero-order valence-electron chi connectivity index (χ0n) is 19.2. The van der Waals surface area contributed by atoms with Crippen molar-refractivity contribution >= 4 is 28.8 Å². The van der Waals surface area contributed by atoms with Crippen LogP contribution in [0.5, 0.6) is 11.5 Å². The number of aliphatic imine (C=N–C) groups is 1. The monoisotopic (exact) mass is 478 g/mol. The first-order chi connectivity index (χ1) is 16.5. The number of thioether (sulfide) groups is 1. The summed E-state index contributed by atoms with van der Waals surface area (Å²) in [4.78, 5) is 32.1. The number of nitrogens with zero attached hydrogens (tertiary/aromatic N) is 2. The molecule has 4 rings (SSSR count). The van der Waals surface area contributed by atoms with Crippen LogP contribution >= 0.6 is 11.8 Å². The summed E-state index contributed by atoms with van der Waals surface area (Å²) < 4.78 is 16.9. The van der Waals surface area contributed by atoms with E-state index in [0.29, 0.717) is 52.3 Å². The summed E-state index contributed by atoms with van der Waals surface area (Å²) in [6.07, 6.45) is 1.87. The highest BCUT2D eigenvalue weighted by Crippen LogP contribution is 2.42. The topological polar surface area (TPSA) is 77.4 Å². The van der Waals surface area contributed by atoms with Crippen molar-refractivity contribution < 1.29 is 23.8 Å². The maximum absolute atomic E-state index is 13.0. The molecule has 0 aromatic heterocycles. The fourth-order valence-electron chi connectivity index (χ4n) is 3.89. The van der Waals surface area contributed by atoms with E-state index in [1.165, 1.54) is 17.8 Å². The minimum atomic E-state index is -0.679. The van der Waals surface area contributed by atoms with Crippen molar-refractivity contribution in [3.8, 4) is 11.5 Å². The van der Waals surface area contributed by atoms with E-state index in [4.69, 9.17) is 14.2 Å². The van der Waals surface area contributed by atoms with Gasteiger partial charge in [0.2, 0.25) is 5.91 Å². The first-order valence-corrected chi connectivity index (χ1v) is 11.9. The highest BCUT2D eigenvalue weighted by Gasteiger charge is 2.42. The first-order valence-electron chi connectivity index (χ1n) is 10.9.